The predicted octanol–water partition coefficient (Wildman–Crippen LogP) is 2.84. The second-order valence-corrected chi connectivity index (χ2v) is 7.67. The monoisotopic (exact) mass is 416 g/mol. The molecule has 0 unspecified atom stereocenters. The molecule has 5 rings (SSSR count). The van der Waals surface area contributed by atoms with E-state index < -0.39 is 0 Å². The van der Waals surface area contributed by atoms with Gasteiger partial charge in [0.2, 0.25) is 0 Å². The van der Waals surface area contributed by atoms with Crippen LogP contribution in [0.4, 0.5) is 0 Å². The van der Waals surface area contributed by atoms with Crippen LogP contribution in [-0.4, -0.2) is 59.6 Å². The first-order valence-electron chi connectivity index (χ1n) is 10.4. The van der Waals surface area contributed by atoms with Gasteiger partial charge in [-0.05, 0) is 48.0 Å². The van der Waals surface area contributed by atoms with Crippen LogP contribution in [0.3, 0.4) is 0 Å². The molecule has 0 spiro atoms. The Labute approximate surface area is 180 Å². The Morgan fingerprint density at radius 2 is 2.06 bits per heavy atom. The maximum absolute atomic E-state index is 12.6. The lowest BCUT2D eigenvalue weighted by Gasteiger charge is -2.26. The molecule has 0 radical (unpaired) electrons. The number of rotatable bonds is 5. The molecule has 2 aromatic heterocycles. The van der Waals surface area contributed by atoms with E-state index in [1.54, 1.807) is 12.4 Å². The van der Waals surface area contributed by atoms with Crippen LogP contribution in [-0.2, 0) is 4.74 Å². The summed E-state index contributed by atoms with van der Waals surface area (Å²) in [6, 6.07) is 11.4. The maximum atomic E-state index is 12.6. The Morgan fingerprint density at radius 1 is 1.19 bits per heavy atom. The number of morpholine rings is 1. The Balaban J connectivity index is 1.27. The van der Waals surface area contributed by atoms with E-state index in [-0.39, 0.29) is 5.91 Å². The van der Waals surface area contributed by atoms with Crippen molar-refractivity contribution in [1.82, 2.24) is 19.6 Å². The Hall–Kier alpha value is -3.42. The smallest absolute Gasteiger partial charge is 0.251 e. The van der Waals surface area contributed by atoms with Crippen molar-refractivity contribution in [1.29, 1.82) is 0 Å². The van der Waals surface area contributed by atoms with Gasteiger partial charge in [-0.1, -0.05) is 6.58 Å². The molecule has 1 fully saturated rings. The minimum atomic E-state index is -0.0982. The van der Waals surface area contributed by atoms with Crippen molar-refractivity contribution in [3.05, 3.63) is 78.4 Å². The number of amides is 1. The summed E-state index contributed by atoms with van der Waals surface area (Å²) in [5, 5.41) is 3.00. The first-order chi connectivity index (χ1) is 15.2. The van der Waals surface area contributed by atoms with Crippen molar-refractivity contribution in [3.8, 4) is 5.75 Å². The SMILES string of the molecule is C=C1C=C(c2cc3cccn3cn2)Oc2ccc(C(=O)NCCN3CCOCC3)cc21. The Kier molecular flexibility index (Phi) is 5.28. The lowest BCUT2D eigenvalue weighted by molar-refractivity contribution is 0.0383. The summed E-state index contributed by atoms with van der Waals surface area (Å²) in [6.45, 7) is 8.92. The molecule has 158 valence electrons. The van der Waals surface area contributed by atoms with Crippen molar-refractivity contribution in [2.45, 2.75) is 0 Å². The second-order valence-electron chi connectivity index (χ2n) is 7.67. The number of benzene rings is 1. The molecule has 1 N–H and O–H groups in total. The number of nitrogens with one attached hydrogen (secondary N) is 1. The van der Waals surface area contributed by atoms with Gasteiger partial charge in [0.25, 0.3) is 5.91 Å². The fourth-order valence-electron chi connectivity index (χ4n) is 3.85. The second kappa shape index (κ2) is 8.37. The molecule has 0 saturated carbocycles. The standard InChI is InChI=1S/C24H24N4O3/c1-17-13-23(21-15-19-3-2-7-28(19)16-26-21)31-22-5-4-18(14-20(17)22)24(29)25-6-8-27-9-11-30-12-10-27/h2-5,7,13-16H,1,6,8-12H2,(H,25,29). The average Bonchev–Trinajstić information content (AvgIpc) is 3.27. The molecule has 7 heteroatoms. The largest absolute Gasteiger partial charge is 0.454 e. The number of ether oxygens (including phenoxy) is 2. The fourth-order valence-corrected chi connectivity index (χ4v) is 3.85. The number of aromatic nitrogens is 2. The zero-order valence-corrected chi connectivity index (χ0v) is 17.2. The minimum absolute atomic E-state index is 0.0982. The maximum Gasteiger partial charge on any atom is 0.251 e. The van der Waals surface area contributed by atoms with Gasteiger partial charge in [0.1, 0.15) is 11.4 Å². The molecule has 2 aliphatic heterocycles. The molecular formula is C24H24N4O3. The van der Waals surface area contributed by atoms with E-state index in [0.29, 0.717) is 23.6 Å². The van der Waals surface area contributed by atoms with Gasteiger partial charge in [0, 0.05) is 49.0 Å². The predicted molar refractivity (Wildman–Crippen MR) is 119 cm³/mol. The van der Waals surface area contributed by atoms with E-state index >= 15 is 0 Å². The number of fused-ring (bicyclic) bond motifs is 2. The summed E-state index contributed by atoms with van der Waals surface area (Å²) >= 11 is 0. The highest BCUT2D eigenvalue weighted by atomic mass is 16.5. The van der Waals surface area contributed by atoms with E-state index in [1.165, 1.54) is 0 Å². The van der Waals surface area contributed by atoms with Crippen LogP contribution in [0.5, 0.6) is 5.75 Å². The molecule has 1 saturated heterocycles. The summed E-state index contributed by atoms with van der Waals surface area (Å²) in [5.74, 6) is 1.22. The van der Waals surface area contributed by atoms with Gasteiger partial charge in [-0.3, -0.25) is 9.69 Å². The highest BCUT2D eigenvalue weighted by Gasteiger charge is 2.20. The van der Waals surface area contributed by atoms with Gasteiger partial charge in [0.05, 0.1) is 19.5 Å². The zero-order chi connectivity index (χ0) is 21.2. The molecule has 0 aliphatic carbocycles. The normalized spacial score (nSPS) is 16.5. The summed E-state index contributed by atoms with van der Waals surface area (Å²) in [5.41, 5.74) is 3.97. The number of allylic oxidation sites excluding steroid dienone is 2. The lowest BCUT2D eigenvalue weighted by atomic mass is 9.99. The molecule has 3 aromatic rings. The molecule has 1 aromatic carbocycles. The summed E-state index contributed by atoms with van der Waals surface area (Å²) in [7, 11) is 0. The van der Waals surface area contributed by atoms with Crippen LogP contribution in [0.25, 0.3) is 16.8 Å². The third-order valence-electron chi connectivity index (χ3n) is 5.60. The minimum Gasteiger partial charge on any atom is -0.454 e. The van der Waals surface area contributed by atoms with E-state index in [9.17, 15) is 4.79 Å². The molecule has 1 amide bonds. The average molecular weight is 416 g/mol. The molecule has 2 aliphatic rings. The van der Waals surface area contributed by atoms with Crippen molar-refractivity contribution in [3.63, 3.8) is 0 Å². The van der Waals surface area contributed by atoms with E-state index in [1.807, 2.05) is 47.0 Å². The lowest BCUT2D eigenvalue weighted by Crippen LogP contribution is -2.41. The van der Waals surface area contributed by atoms with Gasteiger partial charge in [-0.25, -0.2) is 4.98 Å². The summed E-state index contributed by atoms with van der Waals surface area (Å²) in [6.07, 6.45) is 5.58. The number of carbonyl (C=O) groups excluding carboxylic acids is 1. The molecule has 31 heavy (non-hydrogen) atoms. The van der Waals surface area contributed by atoms with Crippen LogP contribution >= 0.6 is 0 Å². The number of nitrogens with zero attached hydrogens (tertiary/aromatic N) is 3. The third-order valence-corrected chi connectivity index (χ3v) is 5.60. The molecule has 0 bridgehead atoms. The van der Waals surface area contributed by atoms with Crippen LogP contribution in [0.2, 0.25) is 0 Å². The van der Waals surface area contributed by atoms with Crippen molar-refractivity contribution in [2.24, 2.45) is 0 Å². The van der Waals surface area contributed by atoms with Crippen LogP contribution in [0.1, 0.15) is 21.6 Å². The van der Waals surface area contributed by atoms with Crippen molar-refractivity contribution in [2.75, 3.05) is 39.4 Å². The molecule has 7 nitrogen and oxygen atoms in total. The summed E-state index contributed by atoms with van der Waals surface area (Å²) < 4.78 is 13.4. The Bertz CT molecular complexity index is 1170. The number of hydrogen-bond donors (Lipinski definition) is 1. The quantitative estimate of drug-likeness (QED) is 0.693. The fraction of sp³-hybridized carbons (Fsp3) is 0.250. The number of carbonyl (C=O) groups is 1. The van der Waals surface area contributed by atoms with Gasteiger partial charge in [-0.2, -0.15) is 0 Å². The first kappa shape index (κ1) is 19.5. The highest BCUT2D eigenvalue weighted by Crippen LogP contribution is 2.36. The molecular weight excluding hydrogens is 392 g/mol. The number of hydrogen-bond acceptors (Lipinski definition) is 5. The highest BCUT2D eigenvalue weighted by molar-refractivity contribution is 5.97. The zero-order valence-electron chi connectivity index (χ0n) is 17.2. The van der Waals surface area contributed by atoms with Crippen molar-refractivity contribution >= 4 is 22.8 Å². The van der Waals surface area contributed by atoms with E-state index in [2.05, 4.69) is 21.8 Å². The van der Waals surface area contributed by atoms with Crippen LogP contribution in [0.15, 0.2) is 61.6 Å². The van der Waals surface area contributed by atoms with Crippen LogP contribution < -0.4 is 10.1 Å². The van der Waals surface area contributed by atoms with Gasteiger partial charge >= 0.3 is 0 Å². The molecule has 0 atom stereocenters. The first-order valence-corrected chi connectivity index (χ1v) is 10.4. The van der Waals surface area contributed by atoms with Gasteiger partial charge in [0.15, 0.2) is 5.76 Å². The molecule has 4 heterocycles. The van der Waals surface area contributed by atoms with Crippen molar-refractivity contribution < 1.29 is 14.3 Å². The van der Waals surface area contributed by atoms with Gasteiger partial charge in [-0.15, -0.1) is 0 Å². The van der Waals surface area contributed by atoms with Gasteiger partial charge < -0.3 is 19.2 Å². The third kappa shape index (κ3) is 4.10. The Morgan fingerprint density at radius 3 is 2.94 bits per heavy atom. The van der Waals surface area contributed by atoms with Crippen LogP contribution in [0, 0.1) is 0 Å². The topological polar surface area (TPSA) is 68.1 Å². The van der Waals surface area contributed by atoms with E-state index in [4.69, 9.17) is 9.47 Å². The van der Waals surface area contributed by atoms with E-state index in [0.717, 1.165) is 55.2 Å². The summed E-state index contributed by atoms with van der Waals surface area (Å²) in [4.78, 5) is 19.4.